The monoisotopic (exact) mass is 309 g/mol. The van der Waals surface area contributed by atoms with Gasteiger partial charge in [-0.1, -0.05) is 6.07 Å². The number of hydrogen-bond acceptors (Lipinski definition) is 4. The number of benzene rings is 1. The van der Waals surface area contributed by atoms with Crippen LogP contribution in [0.3, 0.4) is 0 Å². The maximum absolute atomic E-state index is 13.2. The van der Waals surface area contributed by atoms with Crippen LogP contribution in [0.25, 0.3) is 10.1 Å². The van der Waals surface area contributed by atoms with Gasteiger partial charge >= 0.3 is 5.97 Å². The Bertz CT molecular complexity index is 729. The summed E-state index contributed by atoms with van der Waals surface area (Å²) in [6, 6.07) is 4.82. The van der Waals surface area contributed by atoms with Gasteiger partial charge in [-0.05, 0) is 23.6 Å². The second-order valence-corrected chi connectivity index (χ2v) is 6.08. The highest BCUT2D eigenvalue weighted by Gasteiger charge is 2.39. The number of amides is 1. The molecule has 2 heterocycles. The first-order valence-electron chi connectivity index (χ1n) is 6.36. The molecule has 0 unspecified atom stereocenters. The Balaban J connectivity index is 1.94. The average molecular weight is 309 g/mol. The Morgan fingerprint density at radius 1 is 1.33 bits per heavy atom. The van der Waals surface area contributed by atoms with Crippen LogP contribution in [0.4, 0.5) is 4.39 Å². The molecule has 2 atom stereocenters. The van der Waals surface area contributed by atoms with Crippen molar-refractivity contribution in [3.8, 4) is 0 Å². The van der Waals surface area contributed by atoms with Crippen molar-refractivity contribution in [3.63, 3.8) is 0 Å². The zero-order valence-corrected chi connectivity index (χ0v) is 11.6. The first-order valence-corrected chi connectivity index (χ1v) is 7.18. The van der Waals surface area contributed by atoms with Crippen LogP contribution in [0.5, 0.6) is 0 Å². The largest absolute Gasteiger partial charge is 0.480 e. The topological polar surface area (TPSA) is 77.8 Å². The molecule has 21 heavy (non-hydrogen) atoms. The first kappa shape index (κ1) is 14.0. The third-order valence-electron chi connectivity index (χ3n) is 3.52. The molecule has 0 bridgehead atoms. The molecule has 3 rings (SSSR count). The molecule has 1 saturated heterocycles. The highest BCUT2D eigenvalue weighted by molar-refractivity contribution is 7.20. The van der Waals surface area contributed by atoms with E-state index in [1.165, 1.54) is 12.1 Å². The number of β-amino-alcohol motifs (C(OH)–C–C–N with tert-alkyl or cyclic N) is 1. The Kier molecular flexibility index (Phi) is 3.38. The van der Waals surface area contributed by atoms with Crippen LogP contribution in [-0.4, -0.2) is 45.7 Å². The van der Waals surface area contributed by atoms with E-state index in [-0.39, 0.29) is 18.8 Å². The van der Waals surface area contributed by atoms with Gasteiger partial charge in [0, 0.05) is 17.7 Å². The van der Waals surface area contributed by atoms with Crippen molar-refractivity contribution in [1.82, 2.24) is 4.90 Å². The fourth-order valence-electron chi connectivity index (χ4n) is 2.52. The van der Waals surface area contributed by atoms with Crippen LogP contribution >= 0.6 is 11.3 Å². The SMILES string of the molecule is O=C(O)[C@H]1C[C@@H](O)CN1C(=O)c1cc2ccc(F)cc2s1. The summed E-state index contributed by atoms with van der Waals surface area (Å²) in [6.07, 6.45) is -0.803. The minimum absolute atomic E-state index is 0.00158. The zero-order chi connectivity index (χ0) is 15.1. The smallest absolute Gasteiger partial charge is 0.326 e. The summed E-state index contributed by atoms with van der Waals surface area (Å²) in [5.41, 5.74) is 0. The van der Waals surface area contributed by atoms with Crippen molar-refractivity contribution in [1.29, 1.82) is 0 Å². The van der Waals surface area contributed by atoms with Gasteiger partial charge in [0.05, 0.1) is 11.0 Å². The van der Waals surface area contributed by atoms with Crippen LogP contribution in [0, 0.1) is 5.82 Å². The number of thiophene rings is 1. The molecule has 1 aromatic carbocycles. The van der Waals surface area contributed by atoms with Gasteiger partial charge in [0.2, 0.25) is 0 Å². The van der Waals surface area contributed by atoms with Gasteiger partial charge in [0.15, 0.2) is 0 Å². The first-order chi connectivity index (χ1) is 9.95. The number of carboxylic acid groups (broad SMARTS) is 1. The molecule has 0 spiro atoms. The summed E-state index contributed by atoms with van der Waals surface area (Å²) in [4.78, 5) is 25.1. The molecular formula is C14H12FNO4S. The second-order valence-electron chi connectivity index (χ2n) is 4.99. The van der Waals surface area contributed by atoms with E-state index in [2.05, 4.69) is 0 Å². The summed E-state index contributed by atoms with van der Waals surface area (Å²) < 4.78 is 13.8. The van der Waals surface area contributed by atoms with Crippen molar-refractivity contribution in [2.45, 2.75) is 18.6 Å². The number of nitrogens with zero attached hydrogens (tertiary/aromatic N) is 1. The molecule has 0 radical (unpaired) electrons. The fraction of sp³-hybridized carbons (Fsp3) is 0.286. The zero-order valence-electron chi connectivity index (χ0n) is 10.8. The number of halogens is 1. The standard InChI is InChI=1S/C14H12FNO4S/c15-8-2-1-7-3-12(21-11(7)4-8)13(18)16-6-9(17)5-10(16)14(19)20/h1-4,9-10,17H,5-6H2,(H,19,20)/t9-,10-/m1/s1. The summed E-state index contributed by atoms with van der Waals surface area (Å²) in [6.45, 7) is -0.00158. The van der Waals surface area contributed by atoms with Crippen molar-refractivity contribution in [3.05, 3.63) is 35.0 Å². The molecule has 0 saturated carbocycles. The third kappa shape index (κ3) is 2.50. The number of hydrogen-bond donors (Lipinski definition) is 2. The summed E-state index contributed by atoms with van der Waals surface area (Å²) >= 11 is 1.12. The third-order valence-corrected chi connectivity index (χ3v) is 4.60. The van der Waals surface area contributed by atoms with Gasteiger partial charge in [0.25, 0.3) is 5.91 Å². The summed E-state index contributed by atoms with van der Waals surface area (Å²) in [5, 5.41) is 19.4. The fourth-order valence-corrected chi connectivity index (χ4v) is 3.57. The lowest BCUT2D eigenvalue weighted by Gasteiger charge is -2.20. The van der Waals surface area contributed by atoms with Crippen LogP contribution in [-0.2, 0) is 4.79 Å². The molecule has 1 aliphatic heterocycles. The van der Waals surface area contributed by atoms with Crippen molar-refractivity contribution in [2.75, 3.05) is 6.54 Å². The van der Waals surface area contributed by atoms with E-state index < -0.39 is 24.0 Å². The van der Waals surface area contributed by atoms with Gasteiger partial charge in [-0.25, -0.2) is 9.18 Å². The van der Waals surface area contributed by atoms with Gasteiger partial charge in [0.1, 0.15) is 11.9 Å². The number of carboxylic acids is 1. The average Bonchev–Trinajstić information content (AvgIpc) is 3.00. The molecule has 1 aromatic heterocycles. The van der Waals surface area contributed by atoms with E-state index in [1.54, 1.807) is 12.1 Å². The molecule has 1 fully saturated rings. The van der Waals surface area contributed by atoms with Crippen LogP contribution < -0.4 is 0 Å². The number of rotatable bonds is 2. The molecule has 5 nitrogen and oxygen atoms in total. The van der Waals surface area contributed by atoms with Crippen molar-refractivity contribution < 1.29 is 24.2 Å². The number of fused-ring (bicyclic) bond motifs is 1. The molecule has 110 valence electrons. The van der Waals surface area contributed by atoms with Crippen LogP contribution in [0.15, 0.2) is 24.3 Å². The van der Waals surface area contributed by atoms with Crippen LogP contribution in [0.2, 0.25) is 0 Å². The van der Waals surface area contributed by atoms with E-state index >= 15 is 0 Å². The molecular weight excluding hydrogens is 297 g/mol. The molecule has 0 aliphatic carbocycles. The molecule has 2 aromatic rings. The quantitative estimate of drug-likeness (QED) is 0.885. The van der Waals surface area contributed by atoms with Gasteiger partial charge in [-0.2, -0.15) is 0 Å². The normalized spacial score (nSPS) is 21.9. The Labute approximate surface area is 123 Å². The van der Waals surface area contributed by atoms with E-state index in [4.69, 9.17) is 5.11 Å². The number of aliphatic hydroxyl groups excluding tert-OH is 1. The predicted molar refractivity (Wildman–Crippen MR) is 74.9 cm³/mol. The summed E-state index contributed by atoms with van der Waals surface area (Å²) in [7, 11) is 0. The number of carbonyl (C=O) groups excluding carboxylic acids is 1. The molecule has 1 aliphatic rings. The Morgan fingerprint density at radius 2 is 2.10 bits per heavy atom. The van der Waals surface area contributed by atoms with E-state index in [1.807, 2.05) is 0 Å². The number of likely N-dealkylation sites (tertiary alicyclic amines) is 1. The minimum Gasteiger partial charge on any atom is -0.480 e. The summed E-state index contributed by atoms with van der Waals surface area (Å²) in [5.74, 6) is -1.96. The second kappa shape index (κ2) is 5.09. The maximum atomic E-state index is 13.2. The number of aliphatic hydroxyl groups is 1. The van der Waals surface area contributed by atoms with Gasteiger partial charge in [-0.3, -0.25) is 4.79 Å². The Morgan fingerprint density at radius 3 is 2.81 bits per heavy atom. The van der Waals surface area contributed by atoms with Crippen LogP contribution in [0.1, 0.15) is 16.1 Å². The van der Waals surface area contributed by atoms with E-state index in [9.17, 15) is 19.1 Å². The molecule has 1 amide bonds. The van der Waals surface area contributed by atoms with Crippen molar-refractivity contribution in [2.24, 2.45) is 0 Å². The Hall–Kier alpha value is -1.99. The molecule has 2 N–H and O–H groups in total. The van der Waals surface area contributed by atoms with E-state index in [0.29, 0.717) is 9.58 Å². The molecule has 7 heteroatoms. The highest BCUT2D eigenvalue weighted by atomic mass is 32.1. The van der Waals surface area contributed by atoms with Crippen molar-refractivity contribution >= 4 is 33.3 Å². The van der Waals surface area contributed by atoms with E-state index in [0.717, 1.165) is 21.6 Å². The minimum atomic E-state index is -1.13. The lowest BCUT2D eigenvalue weighted by molar-refractivity contribution is -0.141. The highest BCUT2D eigenvalue weighted by Crippen LogP contribution is 2.29. The number of aliphatic carboxylic acids is 1. The lowest BCUT2D eigenvalue weighted by Crippen LogP contribution is -2.40. The van der Waals surface area contributed by atoms with Gasteiger partial charge in [-0.15, -0.1) is 11.3 Å². The number of carbonyl (C=O) groups is 2. The maximum Gasteiger partial charge on any atom is 0.326 e. The van der Waals surface area contributed by atoms with Gasteiger partial charge < -0.3 is 15.1 Å². The predicted octanol–water partition coefficient (Wildman–Crippen LogP) is 1.70. The lowest BCUT2D eigenvalue weighted by atomic mass is 10.2.